The fourth-order valence-corrected chi connectivity index (χ4v) is 2.56. The van der Waals surface area contributed by atoms with Crippen LogP contribution in [0.4, 0.5) is 0 Å². The molecule has 2 N–H and O–H groups in total. The molecule has 0 fully saturated rings. The van der Waals surface area contributed by atoms with E-state index < -0.39 is 0 Å². The van der Waals surface area contributed by atoms with E-state index in [1.54, 1.807) is 0 Å². The van der Waals surface area contributed by atoms with Crippen molar-refractivity contribution in [1.82, 2.24) is 10.2 Å². The van der Waals surface area contributed by atoms with E-state index in [4.69, 9.17) is 0 Å². The Bertz CT molecular complexity index is 353. The molecule has 0 aliphatic heterocycles. The highest BCUT2D eigenvalue weighted by Crippen LogP contribution is 2.24. The van der Waals surface area contributed by atoms with Crippen molar-refractivity contribution in [3.05, 3.63) is 35.9 Å². The molecular weight excluding hydrogens is 236 g/mol. The molecule has 1 aromatic carbocycles. The Morgan fingerprint density at radius 2 is 1.95 bits per heavy atom. The van der Waals surface area contributed by atoms with Crippen molar-refractivity contribution in [3.63, 3.8) is 0 Å². The van der Waals surface area contributed by atoms with Crippen LogP contribution in [0.15, 0.2) is 30.3 Å². The van der Waals surface area contributed by atoms with Gasteiger partial charge in [0.15, 0.2) is 0 Å². The molecule has 1 rings (SSSR count). The number of likely N-dealkylation sites (N-methyl/N-ethyl adjacent to an activating group) is 2. The summed E-state index contributed by atoms with van der Waals surface area (Å²) in [5.41, 5.74) is 1.44. The number of nitrogens with zero attached hydrogens (tertiary/aromatic N) is 1. The summed E-state index contributed by atoms with van der Waals surface area (Å²) in [7, 11) is 4.12. The summed E-state index contributed by atoms with van der Waals surface area (Å²) in [6.07, 6.45) is 0.593. The average molecular weight is 264 g/mol. The number of hydrogen-bond acceptors (Lipinski definition) is 3. The Morgan fingerprint density at radius 3 is 2.47 bits per heavy atom. The molecule has 0 radical (unpaired) electrons. The smallest absolute Gasteiger partial charge is 0.0524 e. The highest BCUT2D eigenvalue weighted by atomic mass is 16.3. The maximum absolute atomic E-state index is 9.38. The minimum atomic E-state index is -0.227. The van der Waals surface area contributed by atoms with Crippen LogP contribution in [0.3, 0.4) is 0 Å². The predicted octanol–water partition coefficient (Wildman–Crippen LogP) is 1.87. The minimum absolute atomic E-state index is 0.0868. The van der Waals surface area contributed by atoms with Gasteiger partial charge in [0.05, 0.1) is 6.10 Å². The summed E-state index contributed by atoms with van der Waals surface area (Å²) in [5, 5.41) is 12.7. The molecule has 3 nitrogen and oxygen atoms in total. The Labute approximate surface area is 117 Å². The van der Waals surface area contributed by atoms with Crippen LogP contribution in [0.25, 0.3) is 0 Å². The lowest BCUT2D eigenvalue weighted by molar-refractivity contribution is 0.155. The van der Waals surface area contributed by atoms with Gasteiger partial charge in [0.25, 0.3) is 0 Å². The molecule has 0 bridgehead atoms. The standard InChI is InChI=1S/C16H28N2O/c1-14(19)10-11-18(4)13-16(2,12-17-3)15-8-6-5-7-9-15/h5-9,14,17,19H,10-13H2,1-4H3. The van der Waals surface area contributed by atoms with Crippen LogP contribution in [0.1, 0.15) is 25.8 Å². The van der Waals surface area contributed by atoms with E-state index in [0.717, 1.165) is 26.1 Å². The van der Waals surface area contributed by atoms with Crippen molar-refractivity contribution in [2.45, 2.75) is 31.8 Å². The SMILES string of the molecule is CNCC(C)(CN(C)CCC(C)O)c1ccccc1. The summed E-state index contributed by atoms with van der Waals surface area (Å²) < 4.78 is 0. The van der Waals surface area contributed by atoms with E-state index in [-0.39, 0.29) is 11.5 Å². The molecule has 0 aliphatic rings. The number of rotatable bonds is 8. The Morgan fingerprint density at radius 1 is 1.32 bits per heavy atom. The lowest BCUT2D eigenvalue weighted by Gasteiger charge is -2.34. The summed E-state index contributed by atoms with van der Waals surface area (Å²) in [6, 6.07) is 10.6. The lowest BCUT2D eigenvalue weighted by Crippen LogP contribution is -2.44. The first-order chi connectivity index (χ1) is 8.98. The maximum Gasteiger partial charge on any atom is 0.0524 e. The highest BCUT2D eigenvalue weighted by molar-refractivity contribution is 5.25. The minimum Gasteiger partial charge on any atom is -0.393 e. The topological polar surface area (TPSA) is 35.5 Å². The van der Waals surface area contributed by atoms with Gasteiger partial charge >= 0.3 is 0 Å². The summed E-state index contributed by atoms with van der Waals surface area (Å²) >= 11 is 0. The summed E-state index contributed by atoms with van der Waals surface area (Å²) in [6.45, 7) is 6.97. The van der Waals surface area contributed by atoms with Crippen molar-refractivity contribution in [3.8, 4) is 0 Å². The molecule has 0 saturated heterocycles. The van der Waals surface area contributed by atoms with Crippen LogP contribution in [-0.2, 0) is 5.41 Å². The molecule has 3 heteroatoms. The van der Waals surface area contributed by atoms with Gasteiger partial charge in [-0.2, -0.15) is 0 Å². The monoisotopic (exact) mass is 264 g/mol. The van der Waals surface area contributed by atoms with E-state index in [1.165, 1.54) is 5.56 Å². The predicted molar refractivity (Wildman–Crippen MR) is 81.5 cm³/mol. The average Bonchev–Trinajstić information content (AvgIpc) is 2.37. The number of aliphatic hydroxyl groups excluding tert-OH is 1. The maximum atomic E-state index is 9.38. The van der Waals surface area contributed by atoms with Gasteiger partial charge in [0, 0.05) is 25.0 Å². The second kappa shape index (κ2) is 7.63. The van der Waals surface area contributed by atoms with E-state index in [1.807, 2.05) is 14.0 Å². The molecule has 0 spiro atoms. The number of nitrogens with one attached hydrogen (secondary N) is 1. The molecular formula is C16H28N2O. The summed E-state index contributed by atoms with van der Waals surface area (Å²) in [4.78, 5) is 2.30. The van der Waals surface area contributed by atoms with E-state index in [0.29, 0.717) is 0 Å². The number of hydrogen-bond donors (Lipinski definition) is 2. The Hall–Kier alpha value is -0.900. The third-order valence-corrected chi connectivity index (χ3v) is 3.59. The zero-order chi connectivity index (χ0) is 14.3. The Kier molecular flexibility index (Phi) is 6.49. The largest absolute Gasteiger partial charge is 0.393 e. The lowest BCUT2D eigenvalue weighted by atomic mass is 9.82. The van der Waals surface area contributed by atoms with Crippen LogP contribution < -0.4 is 5.32 Å². The van der Waals surface area contributed by atoms with Crippen LogP contribution in [0.5, 0.6) is 0 Å². The molecule has 19 heavy (non-hydrogen) atoms. The number of benzene rings is 1. The van der Waals surface area contributed by atoms with Crippen LogP contribution in [0.2, 0.25) is 0 Å². The molecule has 0 aromatic heterocycles. The van der Waals surface area contributed by atoms with E-state index in [9.17, 15) is 5.11 Å². The summed E-state index contributed by atoms with van der Waals surface area (Å²) in [5.74, 6) is 0. The van der Waals surface area contributed by atoms with Gasteiger partial charge in [-0.15, -0.1) is 0 Å². The van der Waals surface area contributed by atoms with E-state index in [2.05, 4.69) is 54.5 Å². The van der Waals surface area contributed by atoms with Crippen molar-refractivity contribution < 1.29 is 5.11 Å². The third kappa shape index (κ3) is 5.31. The van der Waals surface area contributed by atoms with Crippen molar-refractivity contribution >= 4 is 0 Å². The fraction of sp³-hybridized carbons (Fsp3) is 0.625. The first-order valence-corrected chi connectivity index (χ1v) is 7.04. The van der Waals surface area contributed by atoms with Gasteiger partial charge in [0.2, 0.25) is 0 Å². The van der Waals surface area contributed by atoms with Gasteiger partial charge in [-0.05, 0) is 33.0 Å². The molecule has 0 heterocycles. The molecule has 0 aliphatic carbocycles. The van der Waals surface area contributed by atoms with Gasteiger partial charge in [-0.25, -0.2) is 0 Å². The second-order valence-electron chi connectivity index (χ2n) is 5.83. The molecule has 2 atom stereocenters. The molecule has 0 saturated carbocycles. The second-order valence-corrected chi connectivity index (χ2v) is 5.83. The van der Waals surface area contributed by atoms with Crippen molar-refractivity contribution in [2.75, 3.05) is 33.7 Å². The highest BCUT2D eigenvalue weighted by Gasteiger charge is 2.27. The molecule has 2 unspecified atom stereocenters. The molecule has 108 valence electrons. The van der Waals surface area contributed by atoms with Gasteiger partial charge in [-0.3, -0.25) is 0 Å². The van der Waals surface area contributed by atoms with Gasteiger partial charge < -0.3 is 15.3 Å². The van der Waals surface area contributed by atoms with Gasteiger partial charge in [-0.1, -0.05) is 37.3 Å². The Balaban J connectivity index is 2.71. The fourth-order valence-electron chi connectivity index (χ4n) is 2.56. The van der Waals surface area contributed by atoms with Crippen LogP contribution in [0, 0.1) is 0 Å². The first kappa shape index (κ1) is 16.2. The third-order valence-electron chi connectivity index (χ3n) is 3.59. The first-order valence-electron chi connectivity index (χ1n) is 7.04. The number of aliphatic hydroxyl groups is 1. The quantitative estimate of drug-likeness (QED) is 0.752. The van der Waals surface area contributed by atoms with Gasteiger partial charge in [0.1, 0.15) is 0 Å². The van der Waals surface area contributed by atoms with E-state index >= 15 is 0 Å². The molecule has 1 aromatic rings. The molecule has 0 amide bonds. The van der Waals surface area contributed by atoms with Crippen molar-refractivity contribution in [1.29, 1.82) is 0 Å². The van der Waals surface area contributed by atoms with Crippen LogP contribution >= 0.6 is 0 Å². The zero-order valence-electron chi connectivity index (χ0n) is 12.7. The normalized spacial score (nSPS) is 16.3. The zero-order valence-corrected chi connectivity index (χ0v) is 12.7. The van der Waals surface area contributed by atoms with Crippen LogP contribution in [-0.4, -0.2) is 49.8 Å². The van der Waals surface area contributed by atoms with Crippen molar-refractivity contribution in [2.24, 2.45) is 0 Å².